The Morgan fingerprint density at radius 3 is 2.68 bits per heavy atom. The van der Waals surface area contributed by atoms with Crippen molar-refractivity contribution in [2.24, 2.45) is 7.05 Å². The molecule has 0 aliphatic rings. The normalized spacial score (nSPS) is 11.6. The van der Waals surface area contributed by atoms with Crippen LogP contribution in [0.4, 0.5) is 19.0 Å². The molecule has 0 aliphatic heterocycles. The van der Waals surface area contributed by atoms with Crippen molar-refractivity contribution in [3.05, 3.63) is 35.0 Å². The molecule has 0 saturated carbocycles. The molecule has 102 valence electrons. The quantitative estimate of drug-likeness (QED) is 0.883. The highest BCUT2D eigenvalue weighted by Gasteiger charge is 2.35. The second kappa shape index (κ2) is 5.04. The molecule has 1 N–H and O–H groups in total. The Balaban J connectivity index is 2.14. The Bertz CT molecular complexity index is 581. The van der Waals surface area contributed by atoms with Gasteiger partial charge in [0.2, 0.25) is 5.82 Å². The smallest absolute Gasteiger partial charge is 0.366 e. The van der Waals surface area contributed by atoms with E-state index in [9.17, 15) is 13.2 Å². The van der Waals surface area contributed by atoms with Crippen molar-refractivity contribution in [3.8, 4) is 0 Å². The summed E-state index contributed by atoms with van der Waals surface area (Å²) in [6.45, 7) is 0.290. The number of hydrogen-bond donors (Lipinski definition) is 1. The molecule has 0 radical (unpaired) electrons. The Morgan fingerprint density at radius 1 is 1.37 bits per heavy atom. The van der Waals surface area contributed by atoms with Crippen LogP contribution in [0.1, 0.15) is 11.4 Å². The fraction of sp³-hybridized carbons (Fsp3) is 0.300. The van der Waals surface area contributed by atoms with Gasteiger partial charge in [-0.05, 0) is 0 Å². The molecule has 9 heteroatoms. The summed E-state index contributed by atoms with van der Waals surface area (Å²) >= 11 is 5.53. The van der Waals surface area contributed by atoms with Gasteiger partial charge in [0.25, 0.3) is 0 Å². The van der Waals surface area contributed by atoms with E-state index in [1.54, 1.807) is 24.1 Å². The summed E-state index contributed by atoms with van der Waals surface area (Å²) in [5.41, 5.74) is 0.811. The molecule has 0 aliphatic carbocycles. The average molecular weight is 292 g/mol. The van der Waals surface area contributed by atoms with Gasteiger partial charge in [0.05, 0.1) is 6.20 Å². The van der Waals surface area contributed by atoms with Crippen molar-refractivity contribution in [2.75, 3.05) is 5.32 Å². The summed E-state index contributed by atoms with van der Waals surface area (Å²) in [5.74, 6) is -1.26. The highest BCUT2D eigenvalue weighted by Crippen LogP contribution is 2.28. The van der Waals surface area contributed by atoms with Crippen LogP contribution in [-0.2, 0) is 19.8 Å². The summed E-state index contributed by atoms with van der Waals surface area (Å²) in [7, 11) is 1.74. The van der Waals surface area contributed by atoms with Crippen molar-refractivity contribution in [1.82, 2.24) is 19.7 Å². The highest BCUT2D eigenvalue weighted by molar-refractivity contribution is 6.29. The molecule has 0 aromatic carbocycles. The number of alkyl halides is 3. The third-order valence-electron chi connectivity index (χ3n) is 2.18. The minimum absolute atomic E-state index is 0.0104. The summed E-state index contributed by atoms with van der Waals surface area (Å²) in [5, 5.41) is 6.41. The maximum atomic E-state index is 12.5. The zero-order chi connectivity index (χ0) is 14.0. The molecular formula is C10H9ClF3N5. The van der Waals surface area contributed by atoms with Crippen molar-refractivity contribution in [1.29, 1.82) is 0 Å². The zero-order valence-electron chi connectivity index (χ0n) is 9.74. The van der Waals surface area contributed by atoms with E-state index in [2.05, 4.69) is 20.4 Å². The van der Waals surface area contributed by atoms with E-state index in [1.165, 1.54) is 6.07 Å². The minimum Gasteiger partial charge on any atom is -0.366 e. The molecule has 0 fully saturated rings. The van der Waals surface area contributed by atoms with E-state index < -0.39 is 12.0 Å². The zero-order valence-corrected chi connectivity index (χ0v) is 10.5. The van der Waals surface area contributed by atoms with Crippen LogP contribution in [0.3, 0.4) is 0 Å². The maximum Gasteiger partial charge on any atom is 0.451 e. The van der Waals surface area contributed by atoms with E-state index >= 15 is 0 Å². The molecular weight excluding hydrogens is 283 g/mol. The third kappa shape index (κ3) is 3.57. The molecule has 0 saturated heterocycles. The predicted molar refractivity (Wildman–Crippen MR) is 62.6 cm³/mol. The molecule has 2 rings (SSSR count). The predicted octanol–water partition coefficient (Wildman–Crippen LogP) is 2.49. The van der Waals surface area contributed by atoms with Gasteiger partial charge in [-0.2, -0.15) is 18.3 Å². The lowest BCUT2D eigenvalue weighted by molar-refractivity contribution is -0.144. The summed E-state index contributed by atoms with van der Waals surface area (Å²) < 4.78 is 39.1. The van der Waals surface area contributed by atoms with Crippen molar-refractivity contribution < 1.29 is 13.2 Å². The fourth-order valence-corrected chi connectivity index (χ4v) is 1.57. The first-order chi connectivity index (χ1) is 8.84. The average Bonchev–Trinajstić information content (AvgIpc) is 2.71. The van der Waals surface area contributed by atoms with Gasteiger partial charge in [-0.3, -0.25) is 4.68 Å². The lowest BCUT2D eigenvalue weighted by Crippen LogP contribution is -2.13. The Hall–Kier alpha value is -1.83. The van der Waals surface area contributed by atoms with Crippen LogP contribution in [0.25, 0.3) is 0 Å². The molecule has 5 nitrogen and oxygen atoms in total. The van der Waals surface area contributed by atoms with E-state index in [4.69, 9.17) is 11.6 Å². The topological polar surface area (TPSA) is 55.6 Å². The van der Waals surface area contributed by atoms with Gasteiger partial charge in [0.1, 0.15) is 11.0 Å². The highest BCUT2D eigenvalue weighted by atomic mass is 35.5. The first kappa shape index (κ1) is 13.6. The van der Waals surface area contributed by atoms with Gasteiger partial charge in [0, 0.05) is 31.4 Å². The lowest BCUT2D eigenvalue weighted by atomic mass is 10.3. The first-order valence-electron chi connectivity index (χ1n) is 5.18. The number of nitrogens with zero attached hydrogens (tertiary/aromatic N) is 4. The molecule has 2 aromatic rings. The van der Waals surface area contributed by atoms with Crippen molar-refractivity contribution in [2.45, 2.75) is 12.7 Å². The van der Waals surface area contributed by atoms with Crippen LogP contribution in [0.5, 0.6) is 0 Å². The number of nitrogens with one attached hydrogen (secondary N) is 1. The molecule has 2 aromatic heterocycles. The Morgan fingerprint density at radius 2 is 2.11 bits per heavy atom. The Kier molecular flexibility index (Phi) is 3.61. The van der Waals surface area contributed by atoms with Gasteiger partial charge in [-0.15, -0.1) is 0 Å². The van der Waals surface area contributed by atoms with Crippen LogP contribution in [-0.4, -0.2) is 19.7 Å². The minimum atomic E-state index is -4.63. The van der Waals surface area contributed by atoms with Crippen molar-refractivity contribution >= 4 is 17.4 Å². The standard InChI is InChI=1S/C10H9ClF3N5/c1-19-5-6(4-16-19)3-15-8-2-7(11)17-9(18-8)10(12,13)14/h2,4-5H,3H2,1H3,(H,15,17,18). The first-order valence-corrected chi connectivity index (χ1v) is 5.55. The number of rotatable bonds is 3. The van der Waals surface area contributed by atoms with Gasteiger partial charge in [-0.1, -0.05) is 11.6 Å². The second-order valence-electron chi connectivity index (χ2n) is 3.77. The third-order valence-corrected chi connectivity index (χ3v) is 2.37. The number of anilines is 1. The van der Waals surface area contributed by atoms with Gasteiger partial charge >= 0.3 is 6.18 Å². The maximum absolute atomic E-state index is 12.5. The summed E-state index contributed by atoms with van der Waals surface area (Å²) in [6.07, 6.45) is -1.30. The molecule has 2 heterocycles. The van der Waals surface area contributed by atoms with E-state index in [1.807, 2.05) is 0 Å². The molecule has 0 spiro atoms. The van der Waals surface area contributed by atoms with Crippen LogP contribution in [0.2, 0.25) is 5.15 Å². The monoisotopic (exact) mass is 291 g/mol. The van der Waals surface area contributed by atoms with E-state index in [-0.39, 0.29) is 11.0 Å². The second-order valence-corrected chi connectivity index (χ2v) is 4.16. The molecule has 19 heavy (non-hydrogen) atoms. The number of hydrogen-bond acceptors (Lipinski definition) is 4. The van der Waals surface area contributed by atoms with Gasteiger partial charge in [-0.25, -0.2) is 9.97 Å². The molecule has 0 amide bonds. The van der Waals surface area contributed by atoms with Gasteiger partial charge < -0.3 is 5.32 Å². The number of aromatic nitrogens is 4. The molecule has 0 bridgehead atoms. The summed E-state index contributed by atoms with van der Waals surface area (Å²) in [6, 6.07) is 1.23. The lowest BCUT2D eigenvalue weighted by Gasteiger charge is -2.08. The van der Waals surface area contributed by atoms with Crippen molar-refractivity contribution in [3.63, 3.8) is 0 Å². The van der Waals surface area contributed by atoms with Crippen LogP contribution in [0.15, 0.2) is 18.5 Å². The van der Waals surface area contributed by atoms with E-state index in [0.717, 1.165) is 5.56 Å². The summed E-state index contributed by atoms with van der Waals surface area (Å²) in [4.78, 5) is 6.50. The SMILES string of the molecule is Cn1cc(CNc2cc(Cl)nc(C(F)(F)F)n2)cn1. The molecule has 0 atom stereocenters. The van der Waals surface area contributed by atoms with Crippen LogP contribution < -0.4 is 5.32 Å². The van der Waals surface area contributed by atoms with Crippen LogP contribution in [0, 0.1) is 0 Å². The van der Waals surface area contributed by atoms with Gasteiger partial charge in [0.15, 0.2) is 0 Å². The Labute approximate surface area is 111 Å². The van der Waals surface area contributed by atoms with Crippen LogP contribution >= 0.6 is 11.6 Å². The fourth-order valence-electron chi connectivity index (χ4n) is 1.39. The number of aryl methyl sites for hydroxylation is 1. The molecule has 0 unspecified atom stereocenters. The number of halogens is 4. The largest absolute Gasteiger partial charge is 0.451 e. The van der Waals surface area contributed by atoms with E-state index in [0.29, 0.717) is 6.54 Å².